The summed E-state index contributed by atoms with van der Waals surface area (Å²) in [5, 5.41) is 23.8. The number of ether oxygens (including phenoxy) is 2. The molecule has 4 fully saturated rings. The summed E-state index contributed by atoms with van der Waals surface area (Å²) in [6.07, 6.45) is 4.88. The number of aliphatic carboxylic acids is 1. The van der Waals surface area contributed by atoms with Crippen LogP contribution in [0.25, 0.3) is 10.8 Å². The van der Waals surface area contributed by atoms with Crippen molar-refractivity contribution in [2.24, 2.45) is 17.6 Å². The Morgan fingerprint density at radius 1 is 0.957 bits per heavy atom. The molecule has 6 unspecified atom stereocenters. The van der Waals surface area contributed by atoms with Crippen LogP contribution >= 0.6 is 0 Å². The normalized spacial score (nSPS) is 29.3. The zero-order valence-corrected chi connectivity index (χ0v) is 25.7. The molecule has 46 heavy (non-hydrogen) atoms. The summed E-state index contributed by atoms with van der Waals surface area (Å²) in [7, 11) is 3.17. The molecule has 238 valence electrons. The van der Waals surface area contributed by atoms with Gasteiger partial charge < -0.3 is 30.9 Å². The molecule has 11 nitrogen and oxygen atoms in total. The number of aromatic nitrogens is 2. The van der Waals surface area contributed by atoms with Crippen molar-refractivity contribution < 1.29 is 29.0 Å². The second-order valence-electron chi connectivity index (χ2n) is 12.9. The zero-order valence-electron chi connectivity index (χ0n) is 25.7. The van der Waals surface area contributed by atoms with Crippen LogP contribution in [-0.2, 0) is 20.4 Å². The van der Waals surface area contributed by atoms with Crippen molar-refractivity contribution in [3.8, 4) is 11.5 Å². The molecule has 0 radical (unpaired) electrons. The Morgan fingerprint density at radius 3 is 2.33 bits per heavy atom. The lowest BCUT2D eigenvalue weighted by atomic mass is 9.34. The van der Waals surface area contributed by atoms with Gasteiger partial charge in [-0.15, -0.1) is 0 Å². The molecule has 0 aliphatic heterocycles. The molecule has 4 aliphatic rings. The molecule has 3 aromatic carbocycles. The minimum absolute atomic E-state index is 0.0260. The Kier molecular flexibility index (Phi) is 7.04. The van der Waals surface area contributed by atoms with Crippen LogP contribution in [0.4, 0.5) is 4.79 Å². The highest BCUT2D eigenvalue weighted by atomic mass is 16.5. The van der Waals surface area contributed by atoms with Crippen LogP contribution in [0.1, 0.15) is 36.8 Å². The number of hydrogen-bond acceptors (Lipinski definition) is 7. The quantitative estimate of drug-likeness (QED) is 0.232. The summed E-state index contributed by atoms with van der Waals surface area (Å²) in [5.74, 6) is -1.55. The number of carboxylic acids is 1. The number of hydrogen-bond donors (Lipinski definition) is 4. The van der Waals surface area contributed by atoms with Crippen molar-refractivity contribution in [3.63, 3.8) is 0 Å². The summed E-state index contributed by atoms with van der Waals surface area (Å²) in [6.45, 7) is -0.311. The first kappa shape index (κ1) is 29.8. The molecule has 4 bridgehead atoms. The number of amides is 2. The fourth-order valence-electron chi connectivity index (χ4n) is 9.74. The van der Waals surface area contributed by atoms with E-state index in [2.05, 4.69) is 15.7 Å². The van der Waals surface area contributed by atoms with Gasteiger partial charge in [0.25, 0.3) is 0 Å². The maximum Gasteiger partial charge on any atom is 0.342 e. The largest absolute Gasteiger partial charge is 0.496 e. The van der Waals surface area contributed by atoms with Crippen LogP contribution in [0.5, 0.6) is 11.5 Å². The summed E-state index contributed by atoms with van der Waals surface area (Å²) < 4.78 is 13.1. The Morgan fingerprint density at radius 2 is 1.65 bits per heavy atom. The Bertz CT molecular complexity index is 1820. The number of nitrogens with zero attached hydrogens (tertiary/aromatic N) is 2. The molecule has 5 N–H and O–H groups in total. The standard InChI is InChI=1S/C35H37N5O6/c1-45-25-12-6-13-26(46-2)28(25)34-17-21-16-33(20-34,24-11-5-9-22-8-3-4-10-23(22)24)29(30(42)43)35(18-21,31(34)38-27(41)19-36)39-32(44)40-15-7-14-37-40/h3-15,21,29,31H,16-20,36H2,1-2H3,(H,38,41)(H,39,44)(H,42,43). The smallest absolute Gasteiger partial charge is 0.342 e. The van der Waals surface area contributed by atoms with Crippen molar-refractivity contribution in [1.29, 1.82) is 0 Å². The summed E-state index contributed by atoms with van der Waals surface area (Å²) >= 11 is 0. The molecule has 1 aromatic heterocycles. The molecule has 6 atom stereocenters. The molecule has 4 saturated carbocycles. The van der Waals surface area contributed by atoms with E-state index in [1.807, 2.05) is 60.7 Å². The number of rotatable bonds is 8. The Labute approximate surface area is 266 Å². The molecule has 0 saturated heterocycles. The number of fused-ring (bicyclic) bond motifs is 1. The van der Waals surface area contributed by atoms with Gasteiger partial charge in [0.2, 0.25) is 5.91 Å². The highest BCUT2D eigenvalue weighted by molar-refractivity contribution is 5.90. The van der Waals surface area contributed by atoms with E-state index in [1.54, 1.807) is 20.3 Å². The van der Waals surface area contributed by atoms with E-state index in [0.717, 1.165) is 26.6 Å². The number of carbonyl (C=O) groups excluding carboxylic acids is 2. The number of carbonyl (C=O) groups is 3. The fraction of sp³-hybridized carbons (Fsp3) is 0.371. The lowest BCUT2D eigenvalue weighted by Gasteiger charge is -2.72. The van der Waals surface area contributed by atoms with Gasteiger partial charge in [-0.3, -0.25) is 9.59 Å². The molecule has 2 amide bonds. The summed E-state index contributed by atoms with van der Waals surface area (Å²) in [6, 6.07) is 19.7. The van der Waals surface area contributed by atoms with E-state index in [4.69, 9.17) is 15.2 Å². The SMILES string of the molecule is COc1cccc(OC)c1C12CC3CC(c4cccc5ccccc45)(C1)C(C(=O)O)C(NC(=O)n1cccn1)(C3)C2NC(=O)CN. The monoisotopic (exact) mass is 623 g/mol. The highest BCUT2D eigenvalue weighted by Crippen LogP contribution is 2.71. The first-order valence-electron chi connectivity index (χ1n) is 15.5. The van der Waals surface area contributed by atoms with Crippen molar-refractivity contribution in [2.45, 2.75) is 48.1 Å². The van der Waals surface area contributed by atoms with Crippen LogP contribution < -0.4 is 25.8 Å². The molecule has 11 heteroatoms. The maximum atomic E-state index is 14.0. The summed E-state index contributed by atoms with van der Waals surface area (Å²) in [4.78, 5) is 41.3. The van der Waals surface area contributed by atoms with E-state index in [-0.39, 0.29) is 12.5 Å². The van der Waals surface area contributed by atoms with Crippen LogP contribution in [-0.4, -0.2) is 65.1 Å². The number of benzene rings is 3. The number of nitrogens with one attached hydrogen (secondary N) is 2. The molecular weight excluding hydrogens is 586 g/mol. The van der Waals surface area contributed by atoms with Gasteiger partial charge in [0.05, 0.1) is 38.3 Å². The predicted molar refractivity (Wildman–Crippen MR) is 170 cm³/mol. The predicted octanol–water partition coefficient (Wildman–Crippen LogP) is 3.59. The van der Waals surface area contributed by atoms with E-state index >= 15 is 0 Å². The zero-order chi connectivity index (χ0) is 32.3. The minimum atomic E-state index is -1.46. The number of carboxylic acid groups (broad SMARTS) is 1. The lowest BCUT2D eigenvalue weighted by Crippen LogP contribution is -2.85. The van der Waals surface area contributed by atoms with Crippen LogP contribution in [0.2, 0.25) is 0 Å². The van der Waals surface area contributed by atoms with Crippen molar-refractivity contribution in [1.82, 2.24) is 20.4 Å². The average molecular weight is 624 g/mol. The van der Waals surface area contributed by atoms with Crippen LogP contribution in [0.15, 0.2) is 79.1 Å². The minimum Gasteiger partial charge on any atom is -0.496 e. The van der Waals surface area contributed by atoms with E-state index in [1.165, 1.54) is 12.4 Å². The van der Waals surface area contributed by atoms with Gasteiger partial charge in [-0.05, 0) is 66.1 Å². The van der Waals surface area contributed by atoms with Gasteiger partial charge >= 0.3 is 12.0 Å². The number of methoxy groups -OCH3 is 2. The molecule has 0 spiro atoms. The van der Waals surface area contributed by atoms with Gasteiger partial charge in [-0.1, -0.05) is 48.5 Å². The molecule has 1 heterocycles. The van der Waals surface area contributed by atoms with Crippen molar-refractivity contribution >= 4 is 28.7 Å². The van der Waals surface area contributed by atoms with Gasteiger partial charge in [-0.25, -0.2) is 4.79 Å². The average Bonchev–Trinajstić information content (AvgIpc) is 3.61. The van der Waals surface area contributed by atoms with E-state index in [0.29, 0.717) is 37.2 Å². The van der Waals surface area contributed by atoms with E-state index in [9.17, 15) is 19.5 Å². The fourth-order valence-corrected chi connectivity index (χ4v) is 9.74. The second kappa shape index (κ2) is 10.9. The van der Waals surface area contributed by atoms with Crippen molar-refractivity contribution in [2.75, 3.05) is 20.8 Å². The highest BCUT2D eigenvalue weighted by Gasteiger charge is 2.77. The van der Waals surface area contributed by atoms with Gasteiger partial charge in [-0.2, -0.15) is 9.78 Å². The second-order valence-corrected chi connectivity index (χ2v) is 12.9. The topological polar surface area (TPSA) is 158 Å². The third-order valence-corrected chi connectivity index (χ3v) is 10.7. The van der Waals surface area contributed by atoms with Gasteiger partial charge in [0.15, 0.2) is 0 Å². The van der Waals surface area contributed by atoms with Gasteiger partial charge in [0.1, 0.15) is 11.5 Å². The number of nitrogens with two attached hydrogens (primary N) is 1. The molecular formula is C35H37N5O6. The Balaban J connectivity index is 1.59. The molecule has 8 rings (SSSR count). The van der Waals surface area contributed by atoms with E-state index < -0.39 is 46.2 Å². The third kappa shape index (κ3) is 4.14. The molecule has 4 aliphatic carbocycles. The van der Waals surface area contributed by atoms with Crippen LogP contribution in [0, 0.1) is 11.8 Å². The summed E-state index contributed by atoms with van der Waals surface area (Å²) in [5.41, 5.74) is 4.18. The van der Waals surface area contributed by atoms with Crippen LogP contribution in [0.3, 0.4) is 0 Å². The maximum absolute atomic E-state index is 14.0. The van der Waals surface area contributed by atoms with Gasteiger partial charge in [0, 0.05) is 28.8 Å². The lowest BCUT2D eigenvalue weighted by molar-refractivity contribution is -0.175. The Hall–Kier alpha value is -4.90. The third-order valence-electron chi connectivity index (χ3n) is 10.7. The van der Waals surface area contributed by atoms with Crippen molar-refractivity contribution in [3.05, 3.63) is 90.3 Å². The first-order valence-corrected chi connectivity index (χ1v) is 15.5. The molecule has 4 aromatic rings. The first-order chi connectivity index (χ1) is 22.2.